The third-order valence-electron chi connectivity index (χ3n) is 3.18. The first-order chi connectivity index (χ1) is 9.72. The lowest BCUT2D eigenvalue weighted by Crippen LogP contribution is -2.40. The Morgan fingerprint density at radius 3 is 2.43 bits per heavy atom. The number of hydrogen-bond donors (Lipinski definition) is 2. The molecule has 7 heteroatoms. The molecule has 0 spiro atoms. The molecule has 1 rings (SSSR count). The van der Waals surface area contributed by atoms with Crippen molar-refractivity contribution in [3.8, 4) is 0 Å². The zero-order valence-electron chi connectivity index (χ0n) is 12.1. The first-order valence-corrected chi connectivity index (χ1v) is 6.50. The molecule has 0 heterocycles. The number of carbonyl (C=O) groups excluding carboxylic acids is 1. The van der Waals surface area contributed by atoms with Crippen molar-refractivity contribution in [3.05, 3.63) is 39.4 Å². The van der Waals surface area contributed by atoms with Crippen LogP contribution < -0.4 is 5.32 Å². The van der Waals surface area contributed by atoms with Crippen molar-refractivity contribution in [2.75, 3.05) is 0 Å². The smallest absolute Gasteiger partial charge is 0.305 e. The number of carboxylic acids is 1. The number of aryl methyl sites for hydroxylation is 1. The summed E-state index contributed by atoms with van der Waals surface area (Å²) in [7, 11) is 0. The molecule has 0 radical (unpaired) electrons. The number of rotatable bonds is 6. The number of nitrogens with zero attached hydrogens (tertiary/aromatic N) is 1. The largest absolute Gasteiger partial charge is 0.481 e. The fraction of sp³-hybridized carbons (Fsp3) is 0.429. The quantitative estimate of drug-likeness (QED) is 0.617. The molecule has 0 aliphatic heterocycles. The van der Waals surface area contributed by atoms with E-state index in [2.05, 4.69) is 5.32 Å². The monoisotopic (exact) mass is 294 g/mol. The number of hydrogen-bond acceptors (Lipinski definition) is 4. The lowest BCUT2D eigenvalue weighted by atomic mass is 9.99. The number of benzene rings is 1. The lowest BCUT2D eigenvalue weighted by molar-refractivity contribution is -0.384. The van der Waals surface area contributed by atoms with E-state index in [9.17, 15) is 19.7 Å². The van der Waals surface area contributed by atoms with Crippen molar-refractivity contribution in [1.82, 2.24) is 5.32 Å². The second-order valence-electron chi connectivity index (χ2n) is 5.18. The van der Waals surface area contributed by atoms with Gasteiger partial charge in [0, 0.05) is 23.7 Å². The van der Waals surface area contributed by atoms with Crippen LogP contribution in [0.3, 0.4) is 0 Å². The molecule has 21 heavy (non-hydrogen) atoms. The summed E-state index contributed by atoms with van der Waals surface area (Å²) in [4.78, 5) is 33.1. The van der Waals surface area contributed by atoms with Gasteiger partial charge in [-0.1, -0.05) is 13.8 Å². The Kier molecular flexibility index (Phi) is 5.40. The number of nitrogens with one attached hydrogen (secondary N) is 1. The van der Waals surface area contributed by atoms with Gasteiger partial charge in [0.05, 0.1) is 11.3 Å². The van der Waals surface area contributed by atoms with Crippen LogP contribution in [0.25, 0.3) is 0 Å². The van der Waals surface area contributed by atoms with Crippen molar-refractivity contribution >= 4 is 17.6 Å². The van der Waals surface area contributed by atoms with Crippen molar-refractivity contribution < 1.29 is 19.6 Å². The summed E-state index contributed by atoms with van der Waals surface area (Å²) >= 11 is 0. The Bertz CT molecular complexity index is 568. The van der Waals surface area contributed by atoms with E-state index in [1.54, 1.807) is 6.92 Å². The first-order valence-electron chi connectivity index (χ1n) is 6.50. The van der Waals surface area contributed by atoms with Crippen molar-refractivity contribution in [3.63, 3.8) is 0 Å². The third kappa shape index (κ3) is 4.55. The number of carboxylic acid groups (broad SMARTS) is 1. The van der Waals surface area contributed by atoms with Crippen molar-refractivity contribution in [2.24, 2.45) is 5.92 Å². The van der Waals surface area contributed by atoms with Crippen LogP contribution in [-0.4, -0.2) is 27.9 Å². The van der Waals surface area contributed by atoms with Crippen molar-refractivity contribution in [1.29, 1.82) is 0 Å². The standard InChI is InChI=1S/C14H18N2O5/c1-8(2)12(7-13(17)18)15-14(19)11-5-4-10(16(20)21)6-9(11)3/h4-6,8,12H,7H2,1-3H3,(H,15,19)(H,17,18). The van der Waals surface area contributed by atoms with E-state index < -0.39 is 22.8 Å². The van der Waals surface area contributed by atoms with Gasteiger partial charge in [0.1, 0.15) is 0 Å². The molecule has 1 atom stereocenters. The van der Waals surface area contributed by atoms with Crippen LogP contribution in [0.1, 0.15) is 36.2 Å². The van der Waals surface area contributed by atoms with Crippen LogP contribution in [0.5, 0.6) is 0 Å². The number of amides is 1. The third-order valence-corrected chi connectivity index (χ3v) is 3.18. The molecule has 1 unspecified atom stereocenters. The average molecular weight is 294 g/mol. The van der Waals surface area contributed by atoms with E-state index in [-0.39, 0.29) is 18.0 Å². The van der Waals surface area contributed by atoms with Gasteiger partial charge in [0.15, 0.2) is 0 Å². The summed E-state index contributed by atoms with van der Waals surface area (Å²) in [5.74, 6) is -1.46. The summed E-state index contributed by atoms with van der Waals surface area (Å²) in [5, 5.41) is 22.2. The summed E-state index contributed by atoms with van der Waals surface area (Å²) in [5.41, 5.74) is 0.686. The van der Waals surface area contributed by atoms with Gasteiger partial charge in [0.2, 0.25) is 0 Å². The minimum Gasteiger partial charge on any atom is -0.481 e. The maximum absolute atomic E-state index is 12.2. The molecule has 0 fully saturated rings. The normalized spacial score (nSPS) is 12.0. The average Bonchev–Trinajstić information content (AvgIpc) is 2.36. The van der Waals surface area contributed by atoms with Crippen LogP contribution in [0.15, 0.2) is 18.2 Å². The van der Waals surface area contributed by atoms with E-state index in [1.807, 2.05) is 13.8 Å². The number of carbonyl (C=O) groups is 2. The molecule has 2 N–H and O–H groups in total. The fourth-order valence-electron chi connectivity index (χ4n) is 1.90. The molecule has 1 aromatic rings. The van der Waals surface area contributed by atoms with E-state index in [4.69, 9.17) is 5.11 Å². The minimum atomic E-state index is -0.991. The fourth-order valence-corrected chi connectivity index (χ4v) is 1.90. The highest BCUT2D eigenvalue weighted by atomic mass is 16.6. The van der Waals surface area contributed by atoms with Gasteiger partial charge < -0.3 is 10.4 Å². The maximum Gasteiger partial charge on any atom is 0.305 e. The highest BCUT2D eigenvalue weighted by molar-refractivity contribution is 5.96. The number of nitro benzene ring substituents is 1. The number of non-ortho nitro benzene ring substituents is 1. The van der Waals surface area contributed by atoms with Gasteiger partial charge in [-0.15, -0.1) is 0 Å². The second kappa shape index (κ2) is 6.83. The van der Waals surface area contributed by atoms with Crippen LogP contribution in [0.4, 0.5) is 5.69 Å². The Balaban J connectivity index is 2.92. The molecule has 0 aromatic heterocycles. The van der Waals surface area contributed by atoms with E-state index in [0.29, 0.717) is 11.1 Å². The zero-order chi connectivity index (χ0) is 16.2. The molecule has 0 bridgehead atoms. The summed E-state index contributed by atoms with van der Waals surface area (Å²) < 4.78 is 0. The van der Waals surface area contributed by atoms with Gasteiger partial charge in [-0.3, -0.25) is 19.7 Å². The Morgan fingerprint density at radius 1 is 1.38 bits per heavy atom. The van der Waals surface area contributed by atoms with Crippen LogP contribution in [0, 0.1) is 23.0 Å². The van der Waals surface area contributed by atoms with Crippen molar-refractivity contribution in [2.45, 2.75) is 33.2 Å². The van der Waals surface area contributed by atoms with Gasteiger partial charge in [-0.2, -0.15) is 0 Å². The predicted octanol–water partition coefficient (Wildman–Crippen LogP) is 2.13. The number of aliphatic carboxylic acids is 1. The van der Waals surface area contributed by atoms with Crippen LogP contribution in [0.2, 0.25) is 0 Å². The van der Waals surface area contributed by atoms with Crippen LogP contribution in [-0.2, 0) is 4.79 Å². The second-order valence-corrected chi connectivity index (χ2v) is 5.18. The van der Waals surface area contributed by atoms with Gasteiger partial charge in [0.25, 0.3) is 11.6 Å². The molecular weight excluding hydrogens is 276 g/mol. The summed E-state index contributed by atoms with van der Waals surface area (Å²) in [6.07, 6.45) is -0.171. The highest BCUT2D eigenvalue weighted by Crippen LogP contribution is 2.18. The SMILES string of the molecule is Cc1cc([N+](=O)[O-])ccc1C(=O)NC(CC(=O)O)C(C)C. The Labute approximate surface area is 122 Å². The molecule has 1 aromatic carbocycles. The summed E-state index contributed by atoms with van der Waals surface area (Å²) in [6.45, 7) is 5.23. The minimum absolute atomic E-state index is 0.0385. The van der Waals surface area contributed by atoms with Gasteiger partial charge in [-0.05, 0) is 24.5 Å². The number of nitro groups is 1. The van der Waals surface area contributed by atoms with Crippen LogP contribution >= 0.6 is 0 Å². The molecular formula is C14H18N2O5. The summed E-state index contributed by atoms with van der Waals surface area (Å²) in [6, 6.07) is 3.45. The van der Waals surface area contributed by atoms with Gasteiger partial charge in [-0.25, -0.2) is 0 Å². The highest BCUT2D eigenvalue weighted by Gasteiger charge is 2.21. The lowest BCUT2D eigenvalue weighted by Gasteiger charge is -2.21. The van der Waals surface area contributed by atoms with Gasteiger partial charge >= 0.3 is 5.97 Å². The van der Waals surface area contributed by atoms with E-state index in [1.165, 1.54) is 18.2 Å². The zero-order valence-corrected chi connectivity index (χ0v) is 12.1. The molecule has 114 valence electrons. The maximum atomic E-state index is 12.2. The van der Waals surface area contributed by atoms with E-state index >= 15 is 0 Å². The molecule has 0 aliphatic rings. The molecule has 1 amide bonds. The topological polar surface area (TPSA) is 110 Å². The molecule has 7 nitrogen and oxygen atoms in total. The van der Waals surface area contributed by atoms with E-state index in [0.717, 1.165) is 0 Å². The Hall–Kier alpha value is -2.44. The Morgan fingerprint density at radius 2 is 2.00 bits per heavy atom. The molecule has 0 aliphatic carbocycles. The predicted molar refractivity (Wildman–Crippen MR) is 76.2 cm³/mol. The molecule has 0 saturated heterocycles. The first kappa shape index (κ1) is 16.6. The molecule has 0 saturated carbocycles.